The molecule has 1 fully saturated rings. The highest BCUT2D eigenvalue weighted by molar-refractivity contribution is 5.94. The molecule has 4 rings (SSSR count). The van der Waals surface area contributed by atoms with Gasteiger partial charge >= 0.3 is 0 Å². The topological polar surface area (TPSA) is 78.0 Å². The van der Waals surface area contributed by atoms with E-state index >= 15 is 0 Å². The molecule has 7 nitrogen and oxygen atoms in total. The van der Waals surface area contributed by atoms with E-state index in [9.17, 15) is 4.79 Å². The second-order valence-corrected chi connectivity index (χ2v) is 6.56. The van der Waals surface area contributed by atoms with Crippen LogP contribution in [0.2, 0.25) is 0 Å². The first-order valence-electron chi connectivity index (χ1n) is 8.97. The second kappa shape index (κ2) is 7.08. The molecule has 3 aromatic rings. The van der Waals surface area contributed by atoms with Gasteiger partial charge in [0, 0.05) is 49.6 Å². The molecular formula is C20H20N6O. The maximum absolute atomic E-state index is 11.9. The molecular weight excluding hydrogens is 340 g/mol. The molecule has 0 bridgehead atoms. The van der Waals surface area contributed by atoms with Crippen LogP contribution in [-0.4, -0.2) is 51.5 Å². The lowest BCUT2D eigenvalue weighted by Gasteiger charge is -2.36. The highest BCUT2D eigenvalue weighted by atomic mass is 16.2. The number of carbonyl (C=O) groups excluding carboxylic acids is 1. The molecule has 0 atom stereocenters. The number of rotatable bonds is 3. The number of hydrogen-bond donors (Lipinski definition) is 0. The van der Waals surface area contributed by atoms with E-state index in [-0.39, 0.29) is 12.3 Å². The number of nitriles is 1. The Bertz CT molecular complexity index is 1030. The zero-order valence-electron chi connectivity index (χ0n) is 15.2. The van der Waals surface area contributed by atoms with Crippen molar-refractivity contribution in [2.75, 3.05) is 31.1 Å². The Morgan fingerprint density at radius 1 is 1.19 bits per heavy atom. The summed E-state index contributed by atoms with van der Waals surface area (Å²) in [5, 5.41) is 9.87. The van der Waals surface area contributed by atoms with Gasteiger partial charge in [0.25, 0.3) is 0 Å². The first-order chi connectivity index (χ1) is 13.2. The van der Waals surface area contributed by atoms with Crippen LogP contribution in [0.15, 0.2) is 42.7 Å². The zero-order valence-corrected chi connectivity index (χ0v) is 15.2. The van der Waals surface area contributed by atoms with Crippen molar-refractivity contribution < 1.29 is 4.79 Å². The number of nitrogens with zero attached hydrogens (tertiary/aromatic N) is 6. The average molecular weight is 360 g/mol. The van der Waals surface area contributed by atoms with Gasteiger partial charge in [0.1, 0.15) is 18.1 Å². The van der Waals surface area contributed by atoms with Crippen molar-refractivity contribution in [1.82, 2.24) is 19.4 Å². The van der Waals surface area contributed by atoms with Crippen molar-refractivity contribution in [2.45, 2.75) is 13.3 Å². The van der Waals surface area contributed by atoms with Gasteiger partial charge in [-0.25, -0.2) is 9.97 Å². The number of benzene rings is 1. The van der Waals surface area contributed by atoms with Crippen LogP contribution in [0, 0.1) is 18.3 Å². The Morgan fingerprint density at radius 2 is 2.00 bits per heavy atom. The fourth-order valence-electron chi connectivity index (χ4n) is 3.58. The van der Waals surface area contributed by atoms with E-state index in [1.807, 2.05) is 25.3 Å². The third kappa shape index (κ3) is 3.22. The molecule has 0 N–H and O–H groups in total. The summed E-state index contributed by atoms with van der Waals surface area (Å²) in [6.07, 6.45) is 3.75. The standard InChI is InChI=1S/C20H20N6O/c1-15-22-9-6-19(23-15)26-10-7-16-17(3-2-4-18(16)26)24-11-13-25(14-12-24)20(27)5-8-21/h2-4,6-7,9-10H,5,11-14H2,1H3. The van der Waals surface area contributed by atoms with E-state index < -0.39 is 0 Å². The van der Waals surface area contributed by atoms with Gasteiger partial charge in [0.05, 0.1) is 11.6 Å². The highest BCUT2D eigenvalue weighted by Crippen LogP contribution is 2.30. The second-order valence-electron chi connectivity index (χ2n) is 6.56. The third-order valence-corrected chi connectivity index (χ3v) is 4.92. The fourth-order valence-corrected chi connectivity index (χ4v) is 3.58. The van der Waals surface area contributed by atoms with Crippen molar-refractivity contribution in [3.63, 3.8) is 0 Å². The molecule has 0 unspecified atom stereocenters. The number of carbonyl (C=O) groups is 1. The smallest absolute Gasteiger partial charge is 0.236 e. The number of amides is 1. The average Bonchev–Trinajstić information content (AvgIpc) is 3.12. The molecule has 3 heterocycles. The summed E-state index contributed by atoms with van der Waals surface area (Å²) in [6, 6.07) is 12.2. The molecule has 1 aliphatic rings. The van der Waals surface area contributed by atoms with Gasteiger partial charge in [-0.05, 0) is 31.2 Å². The monoisotopic (exact) mass is 360 g/mol. The first-order valence-corrected chi connectivity index (χ1v) is 8.97. The Hall–Kier alpha value is -3.40. The molecule has 7 heteroatoms. The van der Waals surface area contributed by atoms with Gasteiger partial charge in [-0.1, -0.05) is 6.07 Å². The Balaban J connectivity index is 1.61. The lowest BCUT2D eigenvalue weighted by molar-refractivity contribution is -0.130. The van der Waals surface area contributed by atoms with Gasteiger partial charge in [-0.3, -0.25) is 4.79 Å². The van der Waals surface area contributed by atoms with Crippen LogP contribution in [0.5, 0.6) is 0 Å². The van der Waals surface area contributed by atoms with E-state index in [1.165, 1.54) is 0 Å². The molecule has 0 spiro atoms. The Kier molecular flexibility index (Phi) is 4.47. The summed E-state index contributed by atoms with van der Waals surface area (Å²) in [5.74, 6) is 1.51. The van der Waals surface area contributed by atoms with Crippen molar-refractivity contribution in [3.05, 3.63) is 48.5 Å². The van der Waals surface area contributed by atoms with E-state index in [1.54, 1.807) is 11.1 Å². The molecule has 0 radical (unpaired) electrons. The normalized spacial score (nSPS) is 14.4. The summed E-state index contributed by atoms with van der Waals surface area (Å²) in [7, 11) is 0. The molecule has 1 saturated heterocycles. The Morgan fingerprint density at radius 3 is 2.74 bits per heavy atom. The van der Waals surface area contributed by atoms with Crippen LogP contribution < -0.4 is 4.90 Å². The van der Waals surface area contributed by atoms with Gasteiger partial charge in [-0.15, -0.1) is 0 Å². The maximum atomic E-state index is 11.9. The lowest BCUT2D eigenvalue weighted by atomic mass is 10.1. The van der Waals surface area contributed by atoms with Crippen LogP contribution in [-0.2, 0) is 4.79 Å². The fraction of sp³-hybridized carbons (Fsp3) is 0.300. The number of aromatic nitrogens is 3. The molecule has 136 valence electrons. The van der Waals surface area contributed by atoms with Gasteiger partial charge in [-0.2, -0.15) is 5.26 Å². The zero-order chi connectivity index (χ0) is 18.8. The maximum Gasteiger partial charge on any atom is 0.236 e. The summed E-state index contributed by atoms with van der Waals surface area (Å²) < 4.78 is 2.07. The van der Waals surface area contributed by atoms with Crippen molar-refractivity contribution in [2.24, 2.45) is 0 Å². The quantitative estimate of drug-likeness (QED) is 0.716. The molecule has 1 amide bonds. The number of fused-ring (bicyclic) bond motifs is 1. The van der Waals surface area contributed by atoms with Crippen LogP contribution in [0.4, 0.5) is 5.69 Å². The molecule has 0 saturated carbocycles. The third-order valence-electron chi connectivity index (χ3n) is 4.92. The van der Waals surface area contributed by atoms with Crippen LogP contribution in [0.25, 0.3) is 16.7 Å². The number of hydrogen-bond acceptors (Lipinski definition) is 5. The number of anilines is 1. The summed E-state index contributed by atoms with van der Waals surface area (Å²) in [4.78, 5) is 24.7. The van der Waals surface area contributed by atoms with Crippen LogP contribution in [0.3, 0.4) is 0 Å². The van der Waals surface area contributed by atoms with Crippen molar-refractivity contribution in [1.29, 1.82) is 5.26 Å². The van der Waals surface area contributed by atoms with E-state index in [0.29, 0.717) is 13.1 Å². The minimum atomic E-state index is -0.0827. The first kappa shape index (κ1) is 17.0. The van der Waals surface area contributed by atoms with Gasteiger partial charge < -0.3 is 14.4 Å². The number of aryl methyl sites for hydroxylation is 1. The molecule has 1 aromatic carbocycles. The predicted molar refractivity (Wildman–Crippen MR) is 103 cm³/mol. The van der Waals surface area contributed by atoms with Crippen molar-refractivity contribution >= 4 is 22.5 Å². The SMILES string of the molecule is Cc1nccc(-n2ccc3c(N4CCN(C(=O)CC#N)CC4)cccc32)n1. The minimum absolute atomic E-state index is 0.0449. The van der Waals surface area contributed by atoms with Crippen LogP contribution in [0.1, 0.15) is 12.2 Å². The van der Waals surface area contributed by atoms with Gasteiger partial charge in [0.15, 0.2) is 0 Å². The lowest BCUT2D eigenvalue weighted by Crippen LogP contribution is -2.48. The minimum Gasteiger partial charge on any atom is -0.367 e. The Labute approximate surface area is 157 Å². The largest absolute Gasteiger partial charge is 0.367 e. The predicted octanol–water partition coefficient (Wildman–Crippen LogP) is 2.29. The van der Waals surface area contributed by atoms with E-state index in [0.717, 1.165) is 41.3 Å². The van der Waals surface area contributed by atoms with Crippen LogP contribution >= 0.6 is 0 Å². The highest BCUT2D eigenvalue weighted by Gasteiger charge is 2.22. The molecule has 27 heavy (non-hydrogen) atoms. The van der Waals surface area contributed by atoms with E-state index in [2.05, 4.69) is 43.7 Å². The molecule has 0 aliphatic carbocycles. The molecule has 2 aromatic heterocycles. The van der Waals surface area contributed by atoms with Crippen molar-refractivity contribution in [3.8, 4) is 11.9 Å². The van der Waals surface area contributed by atoms with Gasteiger partial charge in [0.2, 0.25) is 5.91 Å². The summed E-state index contributed by atoms with van der Waals surface area (Å²) >= 11 is 0. The number of piperazine rings is 1. The van der Waals surface area contributed by atoms with E-state index in [4.69, 9.17) is 5.26 Å². The summed E-state index contributed by atoms with van der Waals surface area (Å²) in [5.41, 5.74) is 2.25. The molecule has 1 aliphatic heterocycles. The summed E-state index contributed by atoms with van der Waals surface area (Å²) in [6.45, 7) is 4.68.